The lowest BCUT2D eigenvalue weighted by molar-refractivity contribution is -0.147. The molecule has 138 valence electrons. The highest BCUT2D eigenvalue weighted by Gasteiger charge is 2.14. The van der Waals surface area contributed by atoms with Crippen molar-refractivity contribution in [3.05, 3.63) is 52.2 Å². The van der Waals surface area contributed by atoms with Gasteiger partial charge in [-0.3, -0.25) is 14.4 Å². The standard InChI is InChI=1S/C18H20N2O5S/c1-12(15-7-4-8-26-15)20-16(21)11-25-17(22)10-19-18(23)13-5-3-6-14(9-13)24-2/h3-9,12H,10-11H2,1-2H3,(H,19,23)(H,20,21)/t12-/m0/s1. The second kappa shape index (κ2) is 9.57. The van der Waals surface area contributed by atoms with Crippen molar-refractivity contribution in [2.24, 2.45) is 0 Å². The van der Waals surface area contributed by atoms with Gasteiger partial charge in [0.15, 0.2) is 6.61 Å². The van der Waals surface area contributed by atoms with E-state index in [0.29, 0.717) is 11.3 Å². The highest BCUT2D eigenvalue weighted by molar-refractivity contribution is 7.10. The maximum atomic E-state index is 12.0. The number of hydrogen-bond donors (Lipinski definition) is 2. The molecule has 0 bridgehead atoms. The number of esters is 1. The molecule has 0 spiro atoms. The lowest BCUT2D eigenvalue weighted by atomic mass is 10.2. The summed E-state index contributed by atoms with van der Waals surface area (Å²) >= 11 is 1.53. The van der Waals surface area contributed by atoms with Crippen molar-refractivity contribution >= 4 is 29.1 Å². The van der Waals surface area contributed by atoms with Gasteiger partial charge in [0.2, 0.25) is 0 Å². The number of amides is 2. The summed E-state index contributed by atoms with van der Waals surface area (Å²) in [6, 6.07) is 10.2. The van der Waals surface area contributed by atoms with Crippen LogP contribution < -0.4 is 15.4 Å². The Kier molecular flexibility index (Phi) is 7.16. The van der Waals surface area contributed by atoms with Crippen LogP contribution in [0.5, 0.6) is 5.75 Å². The monoisotopic (exact) mass is 376 g/mol. The van der Waals surface area contributed by atoms with Gasteiger partial charge in [0, 0.05) is 10.4 Å². The van der Waals surface area contributed by atoms with Crippen LogP contribution in [0.25, 0.3) is 0 Å². The highest BCUT2D eigenvalue weighted by Crippen LogP contribution is 2.17. The highest BCUT2D eigenvalue weighted by atomic mass is 32.1. The summed E-state index contributed by atoms with van der Waals surface area (Å²) in [5.41, 5.74) is 0.361. The topological polar surface area (TPSA) is 93.7 Å². The molecule has 26 heavy (non-hydrogen) atoms. The molecular weight excluding hydrogens is 356 g/mol. The van der Waals surface area contributed by atoms with E-state index in [1.165, 1.54) is 18.4 Å². The molecule has 0 radical (unpaired) electrons. The molecule has 0 aliphatic carbocycles. The minimum Gasteiger partial charge on any atom is -0.497 e. The predicted octanol–water partition coefficient (Wildman–Crippen LogP) is 1.91. The maximum Gasteiger partial charge on any atom is 0.325 e. The maximum absolute atomic E-state index is 12.0. The number of carbonyl (C=O) groups excluding carboxylic acids is 3. The summed E-state index contributed by atoms with van der Waals surface area (Å²) in [4.78, 5) is 36.5. The normalized spacial score (nSPS) is 11.3. The van der Waals surface area contributed by atoms with Crippen LogP contribution in [0.1, 0.15) is 28.2 Å². The summed E-state index contributed by atoms with van der Waals surface area (Å²) < 4.78 is 9.90. The van der Waals surface area contributed by atoms with Crippen LogP contribution in [-0.2, 0) is 14.3 Å². The predicted molar refractivity (Wildman–Crippen MR) is 97.2 cm³/mol. The van der Waals surface area contributed by atoms with E-state index in [0.717, 1.165) is 4.88 Å². The summed E-state index contributed by atoms with van der Waals surface area (Å²) in [6.45, 7) is 1.12. The fourth-order valence-corrected chi connectivity index (χ4v) is 2.84. The smallest absolute Gasteiger partial charge is 0.325 e. The van der Waals surface area contributed by atoms with Gasteiger partial charge in [-0.1, -0.05) is 12.1 Å². The van der Waals surface area contributed by atoms with Crippen molar-refractivity contribution in [1.82, 2.24) is 10.6 Å². The number of rotatable bonds is 8. The number of ether oxygens (including phenoxy) is 2. The zero-order valence-electron chi connectivity index (χ0n) is 14.5. The number of nitrogens with one attached hydrogen (secondary N) is 2. The Balaban J connectivity index is 1.71. The number of hydrogen-bond acceptors (Lipinski definition) is 6. The minimum absolute atomic E-state index is 0.158. The molecule has 0 saturated carbocycles. The molecular formula is C18H20N2O5S. The zero-order chi connectivity index (χ0) is 18.9. The SMILES string of the molecule is COc1cccc(C(=O)NCC(=O)OCC(=O)N[C@@H](C)c2cccs2)c1. The van der Waals surface area contributed by atoms with E-state index >= 15 is 0 Å². The molecule has 2 aromatic rings. The third-order valence-electron chi connectivity index (χ3n) is 3.44. The molecule has 1 atom stereocenters. The van der Waals surface area contributed by atoms with Crippen molar-refractivity contribution in [2.75, 3.05) is 20.3 Å². The molecule has 0 unspecified atom stereocenters. The van der Waals surface area contributed by atoms with Gasteiger partial charge in [-0.2, -0.15) is 0 Å². The quantitative estimate of drug-likeness (QED) is 0.687. The average molecular weight is 376 g/mol. The summed E-state index contributed by atoms with van der Waals surface area (Å²) in [7, 11) is 1.50. The van der Waals surface area contributed by atoms with Crippen molar-refractivity contribution in [3.8, 4) is 5.75 Å². The van der Waals surface area contributed by atoms with Crippen LogP contribution in [0.15, 0.2) is 41.8 Å². The number of thiophene rings is 1. The van der Waals surface area contributed by atoms with Gasteiger partial charge >= 0.3 is 5.97 Å². The lowest BCUT2D eigenvalue weighted by Gasteiger charge is -2.12. The van der Waals surface area contributed by atoms with Crippen LogP contribution in [0.3, 0.4) is 0 Å². The largest absolute Gasteiger partial charge is 0.497 e. The van der Waals surface area contributed by atoms with E-state index in [-0.39, 0.29) is 12.6 Å². The van der Waals surface area contributed by atoms with Crippen molar-refractivity contribution in [2.45, 2.75) is 13.0 Å². The molecule has 0 saturated heterocycles. The molecule has 2 amide bonds. The Bertz CT molecular complexity index is 761. The average Bonchev–Trinajstić information content (AvgIpc) is 3.19. The molecule has 2 rings (SSSR count). The van der Waals surface area contributed by atoms with Gasteiger partial charge in [0.25, 0.3) is 11.8 Å². The number of benzene rings is 1. The van der Waals surface area contributed by atoms with Gasteiger partial charge in [0.05, 0.1) is 13.2 Å². The third kappa shape index (κ3) is 5.89. The zero-order valence-corrected chi connectivity index (χ0v) is 15.3. The summed E-state index contributed by atoms with van der Waals surface area (Å²) in [6.07, 6.45) is 0. The van der Waals surface area contributed by atoms with Gasteiger partial charge in [0.1, 0.15) is 12.3 Å². The molecule has 0 fully saturated rings. The van der Waals surface area contributed by atoms with Crippen LogP contribution in [-0.4, -0.2) is 38.0 Å². The van der Waals surface area contributed by atoms with Crippen LogP contribution in [0, 0.1) is 0 Å². The lowest BCUT2D eigenvalue weighted by Crippen LogP contribution is -2.34. The van der Waals surface area contributed by atoms with Crippen LogP contribution >= 0.6 is 11.3 Å². The second-order valence-electron chi connectivity index (χ2n) is 5.38. The first kappa shape index (κ1) is 19.5. The van der Waals surface area contributed by atoms with E-state index < -0.39 is 24.4 Å². The van der Waals surface area contributed by atoms with E-state index in [1.54, 1.807) is 24.3 Å². The third-order valence-corrected chi connectivity index (χ3v) is 4.49. The van der Waals surface area contributed by atoms with E-state index in [2.05, 4.69) is 10.6 Å². The number of carbonyl (C=O) groups is 3. The van der Waals surface area contributed by atoms with E-state index in [9.17, 15) is 14.4 Å². The molecule has 7 nitrogen and oxygen atoms in total. The fourth-order valence-electron chi connectivity index (χ4n) is 2.11. The molecule has 2 N–H and O–H groups in total. The molecule has 1 heterocycles. The van der Waals surface area contributed by atoms with Gasteiger partial charge in [-0.05, 0) is 36.6 Å². The molecule has 8 heteroatoms. The molecule has 0 aliphatic rings. The minimum atomic E-state index is -0.694. The Morgan fingerprint density at radius 3 is 2.69 bits per heavy atom. The van der Waals surface area contributed by atoms with Gasteiger partial charge < -0.3 is 20.1 Å². The van der Waals surface area contributed by atoms with E-state index in [1.807, 2.05) is 24.4 Å². The van der Waals surface area contributed by atoms with E-state index in [4.69, 9.17) is 9.47 Å². The van der Waals surface area contributed by atoms with Crippen LogP contribution in [0.2, 0.25) is 0 Å². The van der Waals surface area contributed by atoms with Crippen molar-refractivity contribution < 1.29 is 23.9 Å². The van der Waals surface area contributed by atoms with Crippen molar-refractivity contribution in [1.29, 1.82) is 0 Å². The first-order valence-electron chi connectivity index (χ1n) is 7.90. The Morgan fingerprint density at radius 1 is 1.19 bits per heavy atom. The summed E-state index contributed by atoms with van der Waals surface area (Å²) in [5.74, 6) is -0.994. The molecule has 1 aromatic carbocycles. The fraction of sp³-hybridized carbons (Fsp3) is 0.278. The first-order chi connectivity index (χ1) is 12.5. The molecule has 0 aliphatic heterocycles. The first-order valence-corrected chi connectivity index (χ1v) is 8.78. The van der Waals surface area contributed by atoms with Crippen molar-refractivity contribution in [3.63, 3.8) is 0 Å². The van der Waals surface area contributed by atoms with Crippen LogP contribution in [0.4, 0.5) is 0 Å². The van der Waals surface area contributed by atoms with Gasteiger partial charge in [-0.25, -0.2) is 0 Å². The number of methoxy groups -OCH3 is 1. The summed E-state index contributed by atoms with van der Waals surface area (Å²) in [5, 5.41) is 7.09. The molecule has 1 aromatic heterocycles. The van der Waals surface area contributed by atoms with Gasteiger partial charge in [-0.15, -0.1) is 11.3 Å². The Labute approximate surface area is 155 Å². The second-order valence-corrected chi connectivity index (χ2v) is 6.36. The Hall–Kier alpha value is -2.87. The Morgan fingerprint density at radius 2 is 2.00 bits per heavy atom.